The molecule has 0 radical (unpaired) electrons. The summed E-state index contributed by atoms with van der Waals surface area (Å²) in [7, 11) is 3.17. The number of methoxy groups -OCH3 is 2. The second kappa shape index (κ2) is 8.27. The standard InChI is InChI=1S/C18H26N2O3S2/c1-6-7-10-19-16(18(2,3)25-17(19)24)20(21)12-13-8-9-14(22-4)15(11-13)23-5/h8-9,11-12,16H,6-7,10H2,1-5H3/b20-12-/t16-/m0/s1. The number of hydroxylamine groups is 1. The first-order valence-corrected chi connectivity index (χ1v) is 9.58. The molecule has 1 aliphatic rings. The van der Waals surface area contributed by atoms with Gasteiger partial charge in [-0.2, -0.15) is 4.74 Å². The average Bonchev–Trinajstić information content (AvgIpc) is 2.80. The zero-order valence-corrected chi connectivity index (χ0v) is 17.1. The van der Waals surface area contributed by atoms with Crippen LogP contribution < -0.4 is 9.47 Å². The molecular formula is C18H26N2O3S2. The fraction of sp³-hybridized carbons (Fsp3) is 0.556. The SMILES string of the molecule is CCCCN1C(=S)SC(C)(C)[C@@H]1/[N+]([O-])=C/c1ccc(OC)c(OC)c1. The van der Waals surface area contributed by atoms with Gasteiger partial charge >= 0.3 is 0 Å². The van der Waals surface area contributed by atoms with Gasteiger partial charge in [0, 0.05) is 12.1 Å². The maximum atomic E-state index is 13.0. The fourth-order valence-electron chi connectivity index (χ4n) is 2.95. The number of rotatable bonds is 7. The summed E-state index contributed by atoms with van der Waals surface area (Å²) in [6, 6.07) is 5.44. The molecule has 138 valence electrons. The van der Waals surface area contributed by atoms with Crippen LogP contribution in [0, 0.1) is 5.21 Å². The van der Waals surface area contributed by atoms with E-state index in [0.29, 0.717) is 11.5 Å². The van der Waals surface area contributed by atoms with Gasteiger partial charge < -0.3 is 14.7 Å². The van der Waals surface area contributed by atoms with E-state index >= 15 is 0 Å². The maximum Gasteiger partial charge on any atom is 0.254 e. The lowest BCUT2D eigenvalue weighted by Crippen LogP contribution is -2.48. The van der Waals surface area contributed by atoms with Crippen molar-refractivity contribution >= 4 is 34.5 Å². The highest BCUT2D eigenvalue weighted by Crippen LogP contribution is 2.41. The van der Waals surface area contributed by atoms with E-state index in [4.69, 9.17) is 21.7 Å². The molecule has 1 fully saturated rings. The molecule has 1 aromatic rings. The molecular weight excluding hydrogens is 356 g/mol. The second-order valence-corrected chi connectivity index (χ2v) is 8.78. The predicted molar refractivity (Wildman–Crippen MR) is 108 cm³/mol. The van der Waals surface area contributed by atoms with Gasteiger partial charge in [0.15, 0.2) is 17.7 Å². The van der Waals surface area contributed by atoms with E-state index in [-0.39, 0.29) is 10.9 Å². The van der Waals surface area contributed by atoms with Crippen LogP contribution in [0.3, 0.4) is 0 Å². The third kappa shape index (κ3) is 4.39. The maximum absolute atomic E-state index is 13.0. The highest BCUT2D eigenvalue weighted by atomic mass is 32.2. The minimum atomic E-state index is -0.329. The van der Waals surface area contributed by atoms with Crippen LogP contribution in [0.15, 0.2) is 18.2 Å². The van der Waals surface area contributed by atoms with Crippen molar-refractivity contribution in [2.24, 2.45) is 0 Å². The molecule has 2 rings (SSSR count). The Bertz CT molecular complexity index is 662. The predicted octanol–water partition coefficient (Wildman–Crippen LogP) is 3.87. The number of unbranched alkanes of at least 4 members (excludes halogenated alkanes) is 1. The second-order valence-electron chi connectivity index (χ2n) is 6.50. The number of thioether (sulfide) groups is 1. The summed E-state index contributed by atoms with van der Waals surface area (Å²) in [5.74, 6) is 1.24. The van der Waals surface area contributed by atoms with Gasteiger partial charge in [-0.25, -0.2) is 0 Å². The van der Waals surface area contributed by atoms with E-state index in [1.807, 2.05) is 11.0 Å². The molecule has 1 saturated heterocycles. The quantitative estimate of drug-likeness (QED) is 0.235. The first-order valence-electron chi connectivity index (χ1n) is 8.36. The molecule has 0 unspecified atom stereocenters. The molecule has 0 aromatic heterocycles. The van der Waals surface area contributed by atoms with Crippen molar-refractivity contribution in [1.29, 1.82) is 0 Å². The van der Waals surface area contributed by atoms with Gasteiger partial charge in [0.1, 0.15) is 9.07 Å². The average molecular weight is 383 g/mol. The number of ether oxygens (including phenoxy) is 2. The fourth-order valence-corrected chi connectivity index (χ4v) is 4.88. The molecule has 5 nitrogen and oxygen atoms in total. The minimum absolute atomic E-state index is 0.278. The normalized spacial score (nSPS) is 20.0. The summed E-state index contributed by atoms with van der Waals surface area (Å²) < 4.78 is 12.1. The van der Waals surface area contributed by atoms with Gasteiger partial charge in [-0.15, -0.1) is 0 Å². The Morgan fingerprint density at radius 2 is 2.00 bits per heavy atom. The van der Waals surface area contributed by atoms with Crippen molar-refractivity contribution < 1.29 is 14.2 Å². The smallest absolute Gasteiger partial charge is 0.254 e. The summed E-state index contributed by atoms with van der Waals surface area (Å²) in [6.07, 6.45) is 3.35. The molecule has 1 aliphatic heterocycles. The van der Waals surface area contributed by atoms with Crippen LogP contribution in [0.1, 0.15) is 39.2 Å². The number of nitrogens with zero attached hydrogens (tertiary/aromatic N) is 2. The molecule has 1 atom stereocenters. The lowest BCUT2D eigenvalue weighted by atomic mass is 10.1. The van der Waals surface area contributed by atoms with Crippen LogP contribution in [-0.4, -0.2) is 51.9 Å². The Hall–Kier alpha value is -1.47. The van der Waals surface area contributed by atoms with Gasteiger partial charge in [-0.3, -0.25) is 4.90 Å². The van der Waals surface area contributed by atoms with Gasteiger partial charge in [0.25, 0.3) is 6.17 Å². The van der Waals surface area contributed by atoms with E-state index < -0.39 is 0 Å². The molecule has 7 heteroatoms. The molecule has 0 spiro atoms. The molecule has 0 aliphatic carbocycles. The van der Waals surface area contributed by atoms with Crippen LogP contribution >= 0.6 is 24.0 Å². The summed E-state index contributed by atoms with van der Waals surface area (Å²) in [4.78, 5) is 2.05. The number of benzene rings is 1. The first kappa shape index (κ1) is 19.8. The van der Waals surface area contributed by atoms with Crippen LogP contribution in [0.25, 0.3) is 0 Å². The van der Waals surface area contributed by atoms with E-state index in [1.54, 1.807) is 44.3 Å². The highest BCUT2D eigenvalue weighted by Gasteiger charge is 2.50. The third-order valence-electron chi connectivity index (χ3n) is 4.18. The Morgan fingerprint density at radius 1 is 1.32 bits per heavy atom. The largest absolute Gasteiger partial charge is 0.622 e. The van der Waals surface area contributed by atoms with E-state index in [2.05, 4.69) is 20.8 Å². The van der Waals surface area contributed by atoms with Crippen molar-refractivity contribution in [3.8, 4) is 11.5 Å². The summed E-state index contributed by atoms with van der Waals surface area (Å²) >= 11 is 7.10. The van der Waals surface area contributed by atoms with Crippen molar-refractivity contribution in [3.63, 3.8) is 0 Å². The van der Waals surface area contributed by atoms with Gasteiger partial charge in [0.05, 0.1) is 14.2 Å². The first-order chi connectivity index (χ1) is 11.8. The third-order valence-corrected chi connectivity index (χ3v) is 5.81. The Balaban J connectivity index is 2.34. The Labute approximate surface area is 159 Å². The van der Waals surface area contributed by atoms with Crippen LogP contribution in [0.4, 0.5) is 0 Å². The molecule has 0 bridgehead atoms. The van der Waals surface area contributed by atoms with Crippen molar-refractivity contribution in [3.05, 3.63) is 29.0 Å². The zero-order valence-electron chi connectivity index (χ0n) is 15.4. The van der Waals surface area contributed by atoms with Gasteiger partial charge in [-0.1, -0.05) is 37.3 Å². The minimum Gasteiger partial charge on any atom is -0.622 e. The zero-order chi connectivity index (χ0) is 18.6. The van der Waals surface area contributed by atoms with Gasteiger partial charge in [0.2, 0.25) is 0 Å². The van der Waals surface area contributed by atoms with Crippen molar-refractivity contribution in [2.75, 3.05) is 20.8 Å². The molecule has 0 saturated carbocycles. The number of hydrogen-bond acceptors (Lipinski definition) is 5. The van der Waals surface area contributed by atoms with Crippen LogP contribution in [-0.2, 0) is 0 Å². The lowest BCUT2D eigenvalue weighted by molar-refractivity contribution is -0.523. The molecule has 0 amide bonds. The summed E-state index contributed by atoms with van der Waals surface area (Å²) in [5, 5.41) is 13.0. The Kier molecular flexibility index (Phi) is 6.57. The molecule has 25 heavy (non-hydrogen) atoms. The topological polar surface area (TPSA) is 47.8 Å². The van der Waals surface area contributed by atoms with Crippen LogP contribution in [0.5, 0.6) is 11.5 Å². The van der Waals surface area contributed by atoms with Crippen molar-refractivity contribution in [1.82, 2.24) is 4.90 Å². The number of thiocarbonyl (C=S) groups is 1. The van der Waals surface area contributed by atoms with E-state index in [9.17, 15) is 5.21 Å². The lowest BCUT2D eigenvalue weighted by Gasteiger charge is -2.29. The van der Waals surface area contributed by atoms with Gasteiger partial charge in [-0.05, 0) is 38.5 Å². The molecule has 1 heterocycles. The van der Waals surface area contributed by atoms with E-state index in [1.165, 1.54) is 0 Å². The molecule has 0 N–H and O–H groups in total. The molecule has 1 aromatic carbocycles. The summed E-state index contributed by atoms with van der Waals surface area (Å²) in [6.45, 7) is 7.06. The highest BCUT2D eigenvalue weighted by molar-refractivity contribution is 8.24. The van der Waals surface area contributed by atoms with E-state index in [0.717, 1.165) is 34.0 Å². The number of hydrogen-bond donors (Lipinski definition) is 0. The Morgan fingerprint density at radius 3 is 2.60 bits per heavy atom. The summed E-state index contributed by atoms with van der Waals surface area (Å²) in [5.41, 5.74) is 0.765. The monoisotopic (exact) mass is 382 g/mol. The van der Waals surface area contributed by atoms with Crippen molar-refractivity contribution in [2.45, 2.75) is 44.5 Å². The van der Waals surface area contributed by atoms with Crippen LogP contribution in [0.2, 0.25) is 0 Å².